The topological polar surface area (TPSA) is 100 Å². The minimum Gasteiger partial charge on any atom is -0.381 e. The van der Waals surface area contributed by atoms with Gasteiger partial charge in [-0.3, -0.25) is 0 Å². The summed E-state index contributed by atoms with van der Waals surface area (Å²) in [5.41, 5.74) is 6.75. The molecule has 0 aromatic heterocycles. The number of ether oxygens (including phenoxy) is 2. The normalized spacial score (nSPS) is 24.6. The highest BCUT2D eigenvalue weighted by Gasteiger charge is 2.46. The summed E-state index contributed by atoms with van der Waals surface area (Å²) in [5, 5.41) is 3.27. The fourth-order valence-electron chi connectivity index (χ4n) is 22.0. The summed E-state index contributed by atoms with van der Waals surface area (Å²) in [6, 6.07) is 1.49. The van der Waals surface area contributed by atoms with Crippen LogP contribution in [0.4, 0.5) is 0 Å². The molecule has 0 amide bonds. The first-order valence-electron chi connectivity index (χ1n) is 60.0. The Hall–Kier alpha value is -1.18. The summed E-state index contributed by atoms with van der Waals surface area (Å²) >= 11 is 0. The van der Waals surface area contributed by atoms with Crippen molar-refractivity contribution in [3.05, 3.63) is 0 Å². The number of hydrogen-bond acceptors (Lipinski definition) is 16. The predicted octanol–water partition coefficient (Wildman–Crippen LogP) is 26.5. The molecule has 0 spiro atoms. The molecule has 14 saturated heterocycles. The Labute approximate surface area is 893 Å². The molecule has 1 atom stereocenters. The van der Waals surface area contributed by atoms with Crippen LogP contribution in [-0.2, 0) is 19.1 Å². The molecule has 0 aromatic carbocycles. The summed E-state index contributed by atoms with van der Waals surface area (Å²) in [5.74, 6) is 16.8. The van der Waals surface area contributed by atoms with Gasteiger partial charge in [0, 0.05) is 214 Å². The van der Waals surface area contributed by atoms with Crippen LogP contribution in [0.15, 0.2) is 0 Å². The van der Waals surface area contributed by atoms with Crippen molar-refractivity contribution in [2.24, 2.45) is 177 Å². The second kappa shape index (κ2) is 57.0. The van der Waals surface area contributed by atoms with Gasteiger partial charge in [-0.1, -0.05) is 310 Å². The van der Waals surface area contributed by atoms with Crippen molar-refractivity contribution in [3.8, 4) is 0 Å². The number of nitrogens with one attached hydrogen (secondary N) is 1. The molecule has 16 nitrogen and oxygen atoms in total. The largest absolute Gasteiger partial charge is 0.381 e. The van der Waals surface area contributed by atoms with Gasteiger partial charge in [-0.2, -0.15) is 9.59 Å². The molecule has 0 radical (unpaired) electrons. The summed E-state index contributed by atoms with van der Waals surface area (Å²) in [6.07, 6.45) is 16.5. The number of likely N-dealkylation sites (tertiary alicyclic amines) is 11. The van der Waals surface area contributed by atoms with E-state index < -0.39 is 0 Å². The fraction of sp³-hybridized carbons (Fsp3) is 0.992. The van der Waals surface area contributed by atoms with E-state index in [0.717, 1.165) is 145 Å². The Morgan fingerprint density at radius 3 is 0.629 bits per heavy atom. The summed E-state index contributed by atoms with van der Waals surface area (Å²) < 4.78 is 10.6. The number of hydrogen-bond donors (Lipinski definition) is 1. The molecule has 16 heteroatoms. The lowest BCUT2D eigenvalue weighted by Gasteiger charge is -2.48. The minimum absolute atomic E-state index is 0.250. The maximum absolute atomic E-state index is 8.12. The van der Waals surface area contributed by atoms with Gasteiger partial charge in [-0.05, 0) is 271 Å². The quantitative estimate of drug-likeness (QED) is 0.168. The Bertz CT molecular complexity index is 3190. The molecule has 17 fully saturated rings. The van der Waals surface area contributed by atoms with Gasteiger partial charge in [0.2, 0.25) is 0 Å². The van der Waals surface area contributed by atoms with Gasteiger partial charge in [-0.15, -0.1) is 0 Å². The SMILES string of the molecule is CC(C)(C)C1CN(CC2CC2)C1.CC(C)(C)C1CN(CC2CCCC2)C1.CC(C)(C)C1CN(CC2CCCC2)C1.CC(C)(C)C1CN(CC2CCOC2)C1.CC(C)(C)C1CN(CC2COC2)C1.CC(C)(C)C1CNC1.CC(C)(C)CN1CC(C(C)(C)C)C1.CC(C)CN1CC(C(C)(C)C)C1.CC(C)N1CC(C(C)(C)C)C1.CC(C)N1CC(C(C)(C)C)C1.CN1CC(C(C)(C)C)C1.CN1CC(C(C)(C)C)C1.O=C=O. The van der Waals surface area contributed by atoms with Crippen molar-refractivity contribution < 1.29 is 19.1 Å². The maximum Gasteiger partial charge on any atom is 0.373 e. The average Bonchev–Trinajstić information content (AvgIpc) is 1.66. The van der Waals surface area contributed by atoms with Gasteiger partial charge in [0.1, 0.15) is 0 Å². The van der Waals surface area contributed by atoms with Crippen LogP contribution >= 0.6 is 0 Å². The van der Waals surface area contributed by atoms with Crippen LogP contribution in [0.2, 0.25) is 0 Å². The van der Waals surface area contributed by atoms with Crippen molar-refractivity contribution in [2.75, 3.05) is 243 Å². The fourth-order valence-corrected chi connectivity index (χ4v) is 22.0. The van der Waals surface area contributed by atoms with Gasteiger partial charge in [0.15, 0.2) is 0 Å². The third kappa shape index (κ3) is 50.5. The van der Waals surface area contributed by atoms with E-state index in [2.05, 4.69) is 385 Å². The molecule has 846 valence electrons. The second-order valence-electron chi connectivity index (χ2n) is 65.4. The van der Waals surface area contributed by atoms with E-state index in [1.165, 1.54) is 274 Å². The van der Waals surface area contributed by atoms with Crippen molar-refractivity contribution in [1.29, 1.82) is 0 Å². The van der Waals surface area contributed by atoms with Crippen LogP contribution in [0.1, 0.15) is 382 Å². The van der Waals surface area contributed by atoms with E-state index in [9.17, 15) is 0 Å². The first-order chi connectivity index (χ1) is 65.2. The van der Waals surface area contributed by atoms with Crippen LogP contribution in [0.25, 0.3) is 0 Å². The smallest absolute Gasteiger partial charge is 0.373 e. The first-order valence-corrected chi connectivity index (χ1v) is 60.0. The molecule has 17 aliphatic rings. The van der Waals surface area contributed by atoms with Crippen molar-refractivity contribution in [3.63, 3.8) is 0 Å². The van der Waals surface area contributed by atoms with E-state index in [4.69, 9.17) is 19.1 Å². The highest BCUT2D eigenvalue weighted by Crippen LogP contribution is 2.45. The van der Waals surface area contributed by atoms with E-state index in [-0.39, 0.29) is 6.15 Å². The highest BCUT2D eigenvalue weighted by molar-refractivity contribution is 5.20. The Kier molecular flexibility index (Phi) is 52.7. The monoisotopic (exact) mass is 2010 g/mol. The molecule has 14 heterocycles. The average molecular weight is 2010 g/mol. The second-order valence-corrected chi connectivity index (χ2v) is 65.4. The number of carbonyl (C=O) groups excluding carboxylic acids is 2. The molecular weight excluding hydrogens is 1760 g/mol. The van der Waals surface area contributed by atoms with Crippen molar-refractivity contribution in [1.82, 2.24) is 59.2 Å². The van der Waals surface area contributed by atoms with Gasteiger partial charge in [0.25, 0.3) is 0 Å². The predicted molar refractivity (Wildman–Crippen MR) is 621 cm³/mol. The lowest BCUT2D eigenvalue weighted by Crippen LogP contribution is -2.55. The van der Waals surface area contributed by atoms with Crippen molar-refractivity contribution >= 4 is 6.15 Å². The van der Waals surface area contributed by atoms with Crippen LogP contribution in [0, 0.1) is 177 Å². The molecule has 1 N–H and O–H groups in total. The summed E-state index contributed by atoms with van der Waals surface area (Å²) in [4.78, 5) is 44.4. The highest BCUT2D eigenvalue weighted by atomic mass is 16.5. The Morgan fingerprint density at radius 1 is 0.252 bits per heavy atom. The summed E-state index contributed by atoms with van der Waals surface area (Å²) in [7, 11) is 4.37. The number of nitrogens with zero attached hydrogens (tertiary/aromatic N) is 11. The zero-order valence-electron chi connectivity index (χ0n) is 105. The first kappa shape index (κ1) is 132. The Morgan fingerprint density at radius 2 is 0.462 bits per heavy atom. The van der Waals surface area contributed by atoms with E-state index in [1.807, 2.05) is 0 Å². The molecular formula is C127H254N12O4. The lowest BCUT2D eigenvalue weighted by atomic mass is 9.75. The Balaban J connectivity index is 0.000000275. The third-order valence-corrected chi connectivity index (χ3v) is 36.9. The maximum atomic E-state index is 8.12. The lowest BCUT2D eigenvalue weighted by molar-refractivity contribution is -0.191. The van der Waals surface area contributed by atoms with E-state index in [0.29, 0.717) is 70.4 Å². The molecule has 143 heavy (non-hydrogen) atoms. The molecule has 14 aliphatic heterocycles. The zero-order chi connectivity index (χ0) is 109. The van der Waals surface area contributed by atoms with Crippen molar-refractivity contribution in [2.45, 2.75) is 394 Å². The van der Waals surface area contributed by atoms with E-state index >= 15 is 0 Å². The van der Waals surface area contributed by atoms with Gasteiger partial charge in [0.05, 0.1) is 19.8 Å². The molecule has 17 rings (SSSR count). The van der Waals surface area contributed by atoms with Crippen LogP contribution < -0.4 is 5.32 Å². The van der Waals surface area contributed by atoms with Crippen LogP contribution in [-0.4, -0.2) is 316 Å². The molecule has 3 aliphatic carbocycles. The third-order valence-electron chi connectivity index (χ3n) is 36.9. The molecule has 1 unspecified atom stereocenters. The molecule has 0 aromatic rings. The molecule has 0 bridgehead atoms. The van der Waals surface area contributed by atoms with Gasteiger partial charge < -0.3 is 68.7 Å². The van der Waals surface area contributed by atoms with Crippen LogP contribution in [0.3, 0.4) is 0 Å². The standard InChI is InChI=1S/2C13H25N.C12H23NO.C12H25N.C11H21NO.C11H21N.C11H23N.2C10H21N.2C8H17N.C7H15N.CO2/c2*1-13(2,3)12-9-14(10-12)8-11-6-4-5-7-11;1-12(2,3)11-7-13(8-11)6-10-4-5-14-9-10;1-11(2,3)9-13-7-10(8-13)12(4,5)6;1-11(2,3)10-5-12(6-10)4-9-7-13-8-9;1-11(2,3)10-7-12(8-10)6-9-4-5-9;1-9(2)6-12-7-10(8-12)11(3,4)5;2*1-8(2)11-6-9(7-11)10(3,4)5;2*1-8(2,3)7-5-9(4)6-7;1-7(2,3)6-4-8-5-6;2-1-3/h2*11-12H,4-10H2,1-3H3;10-11H,4-9H2,1-3H3;10H,7-9H2,1-6H3;9-10H,4-8H2,1-3H3;9-10H,4-8H2,1-3H3;9-10H,6-8H2,1-5H3;2*8-9H,6-7H2,1-5H3;2*7H,5-6H2,1-4H3;6,8H,4-5H2,1-3H3;. The van der Waals surface area contributed by atoms with Gasteiger partial charge >= 0.3 is 6.15 Å². The minimum atomic E-state index is 0.250. The van der Waals surface area contributed by atoms with Gasteiger partial charge in [-0.25, -0.2) is 0 Å². The zero-order valence-corrected chi connectivity index (χ0v) is 105. The van der Waals surface area contributed by atoms with E-state index in [1.54, 1.807) is 0 Å². The number of rotatable bonds is 15. The molecule has 3 saturated carbocycles. The summed E-state index contributed by atoms with van der Waals surface area (Å²) in [6.45, 7) is 150. The van der Waals surface area contributed by atoms with Crippen LogP contribution in [0.5, 0.6) is 0 Å².